The lowest BCUT2D eigenvalue weighted by Gasteiger charge is -2.34. The Morgan fingerprint density at radius 3 is 2.64 bits per heavy atom. The van der Waals surface area contributed by atoms with E-state index in [1.807, 2.05) is 56.1 Å². The van der Waals surface area contributed by atoms with E-state index < -0.39 is 0 Å². The van der Waals surface area contributed by atoms with Crippen LogP contribution in [0.1, 0.15) is 61.8 Å². The van der Waals surface area contributed by atoms with Crippen LogP contribution in [0.2, 0.25) is 0 Å². The van der Waals surface area contributed by atoms with Gasteiger partial charge in [0.05, 0.1) is 0 Å². The van der Waals surface area contributed by atoms with Crippen LogP contribution in [0, 0.1) is 5.92 Å². The van der Waals surface area contributed by atoms with Crippen LogP contribution < -0.4 is 5.32 Å². The third-order valence-electron chi connectivity index (χ3n) is 7.94. The number of amides is 2. The maximum atomic E-state index is 13.2. The number of nitrogens with one attached hydrogen (secondary N) is 1. The lowest BCUT2D eigenvalue weighted by Crippen LogP contribution is -2.50. The van der Waals surface area contributed by atoms with E-state index in [0.29, 0.717) is 37.6 Å². The molecule has 1 unspecified atom stereocenters. The predicted molar refractivity (Wildman–Crippen MR) is 151 cm³/mol. The number of benzene rings is 2. The number of hydrogen-bond donors (Lipinski definition) is 1. The third-order valence-corrected chi connectivity index (χ3v) is 7.94. The molecule has 2 atom stereocenters. The number of rotatable bonds is 6. The molecule has 200 valence electrons. The lowest BCUT2D eigenvalue weighted by atomic mass is 9.86. The van der Waals surface area contributed by atoms with Gasteiger partial charge in [-0.05, 0) is 85.9 Å². The highest BCUT2D eigenvalue weighted by molar-refractivity contribution is 5.85. The molecule has 2 amide bonds. The Morgan fingerprint density at radius 2 is 1.85 bits per heavy atom. The number of aryl methyl sites for hydroxylation is 1. The molecule has 1 aliphatic heterocycles. The van der Waals surface area contributed by atoms with E-state index in [1.54, 1.807) is 10.8 Å². The SMILES string of the molecule is CC(C)(C)NC(=O)N1CCc2c(-c3ccc4ncnn4c3)ccc(CCC(=O)C3C[C@H]3c3ccccc3)c2C1. The molecule has 0 radical (unpaired) electrons. The number of aromatic nitrogens is 3. The number of Topliss-reactive ketones (excluding diaryl/α,β-unsaturated/α-hetero) is 1. The highest BCUT2D eigenvalue weighted by Crippen LogP contribution is 2.48. The average Bonchev–Trinajstić information content (AvgIpc) is 3.60. The van der Waals surface area contributed by atoms with Crippen LogP contribution >= 0.6 is 0 Å². The summed E-state index contributed by atoms with van der Waals surface area (Å²) in [6.45, 7) is 7.18. The molecule has 2 aliphatic rings. The average molecular weight is 522 g/mol. The van der Waals surface area contributed by atoms with Gasteiger partial charge in [0.2, 0.25) is 0 Å². The van der Waals surface area contributed by atoms with Gasteiger partial charge in [-0.2, -0.15) is 5.10 Å². The smallest absolute Gasteiger partial charge is 0.318 e. The molecule has 1 saturated carbocycles. The minimum Gasteiger partial charge on any atom is -0.333 e. The molecule has 4 aromatic rings. The van der Waals surface area contributed by atoms with Crippen molar-refractivity contribution in [1.82, 2.24) is 24.8 Å². The van der Waals surface area contributed by atoms with Gasteiger partial charge in [0, 0.05) is 42.7 Å². The van der Waals surface area contributed by atoms with Crippen molar-refractivity contribution in [2.24, 2.45) is 5.92 Å². The first-order valence-corrected chi connectivity index (χ1v) is 13.8. The number of ketones is 1. The van der Waals surface area contributed by atoms with Crippen molar-refractivity contribution < 1.29 is 9.59 Å². The number of nitrogens with zero attached hydrogens (tertiary/aromatic N) is 4. The lowest BCUT2D eigenvalue weighted by molar-refractivity contribution is -0.120. The Hall–Kier alpha value is -4.00. The molecular formula is C32H35N5O2. The van der Waals surface area contributed by atoms with Crippen LogP contribution in [0.4, 0.5) is 4.79 Å². The van der Waals surface area contributed by atoms with Crippen LogP contribution in [0.15, 0.2) is 67.1 Å². The second-order valence-corrected chi connectivity index (χ2v) is 11.9. The number of pyridine rings is 1. The molecule has 1 aliphatic carbocycles. The molecule has 2 aromatic carbocycles. The van der Waals surface area contributed by atoms with E-state index in [4.69, 9.17) is 0 Å². The summed E-state index contributed by atoms with van der Waals surface area (Å²) < 4.78 is 1.79. The fraction of sp³-hybridized carbons (Fsp3) is 0.375. The van der Waals surface area contributed by atoms with Crippen LogP contribution in [0.5, 0.6) is 0 Å². The van der Waals surface area contributed by atoms with Gasteiger partial charge < -0.3 is 10.2 Å². The molecule has 3 heterocycles. The summed E-state index contributed by atoms with van der Waals surface area (Å²) in [5, 5.41) is 7.42. The van der Waals surface area contributed by atoms with Crippen LogP contribution in [0.25, 0.3) is 16.8 Å². The van der Waals surface area contributed by atoms with E-state index in [-0.39, 0.29) is 17.5 Å². The third kappa shape index (κ3) is 5.31. The Balaban J connectivity index is 1.26. The van der Waals surface area contributed by atoms with Crippen molar-refractivity contribution in [2.45, 2.75) is 64.5 Å². The summed E-state index contributed by atoms with van der Waals surface area (Å²) in [6.07, 6.45) is 6.50. The number of hydrogen-bond acceptors (Lipinski definition) is 4. The highest BCUT2D eigenvalue weighted by Gasteiger charge is 2.43. The molecule has 1 N–H and O–H groups in total. The van der Waals surface area contributed by atoms with Gasteiger partial charge in [-0.25, -0.2) is 14.3 Å². The Labute approximate surface area is 229 Å². The normalized spacial score (nSPS) is 18.6. The second kappa shape index (κ2) is 9.95. The van der Waals surface area contributed by atoms with E-state index in [1.165, 1.54) is 16.7 Å². The minimum absolute atomic E-state index is 0.0479. The molecule has 39 heavy (non-hydrogen) atoms. The summed E-state index contributed by atoms with van der Waals surface area (Å²) in [4.78, 5) is 32.4. The summed E-state index contributed by atoms with van der Waals surface area (Å²) in [5.41, 5.74) is 7.58. The zero-order valence-corrected chi connectivity index (χ0v) is 22.9. The molecule has 0 bridgehead atoms. The van der Waals surface area contributed by atoms with Gasteiger partial charge in [-0.3, -0.25) is 4.79 Å². The fourth-order valence-corrected chi connectivity index (χ4v) is 5.86. The molecule has 7 heteroatoms. The molecule has 2 aromatic heterocycles. The van der Waals surface area contributed by atoms with Crippen LogP contribution in [-0.4, -0.2) is 43.4 Å². The molecular weight excluding hydrogens is 486 g/mol. The number of carbonyl (C=O) groups excluding carboxylic acids is 2. The molecule has 0 spiro atoms. The molecule has 6 rings (SSSR count). The Kier molecular flexibility index (Phi) is 6.45. The zero-order valence-electron chi connectivity index (χ0n) is 22.9. The summed E-state index contributed by atoms with van der Waals surface area (Å²) in [6, 6.07) is 18.7. The van der Waals surface area contributed by atoms with Crippen molar-refractivity contribution in [3.63, 3.8) is 0 Å². The first-order chi connectivity index (χ1) is 18.8. The minimum atomic E-state index is -0.304. The number of carbonyl (C=O) groups is 2. The van der Waals surface area contributed by atoms with Gasteiger partial charge in [-0.15, -0.1) is 0 Å². The zero-order chi connectivity index (χ0) is 27.1. The Morgan fingerprint density at radius 1 is 1.03 bits per heavy atom. The van der Waals surface area contributed by atoms with Gasteiger partial charge >= 0.3 is 6.03 Å². The molecule has 1 fully saturated rings. The molecule has 7 nitrogen and oxygen atoms in total. The van der Waals surface area contributed by atoms with E-state index in [2.05, 4.69) is 45.7 Å². The van der Waals surface area contributed by atoms with Gasteiger partial charge in [0.25, 0.3) is 0 Å². The monoisotopic (exact) mass is 521 g/mol. The topological polar surface area (TPSA) is 79.6 Å². The highest BCUT2D eigenvalue weighted by atomic mass is 16.2. The first-order valence-electron chi connectivity index (χ1n) is 13.8. The van der Waals surface area contributed by atoms with E-state index in [0.717, 1.165) is 35.2 Å². The van der Waals surface area contributed by atoms with Crippen molar-refractivity contribution in [2.75, 3.05) is 6.54 Å². The van der Waals surface area contributed by atoms with Crippen LogP contribution in [0.3, 0.4) is 0 Å². The first kappa shape index (κ1) is 25.3. The van der Waals surface area contributed by atoms with Gasteiger partial charge in [0.1, 0.15) is 12.1 Å². The van der Waals surface area contributed by atoms with Crippen molar-refractivity contribution in [3.05, 3.63) is 89.4 Å². The summed E-state index contributed by atoms with van der Waals surface area (Å²) in [5.74, 6) is 0.834. The summed E-state index contributed by atoms with van der Waals surface area (Å²) in [7, 11) is 0. The van der Waals surface area contributed by atoms with E-state index in [9.17, 15) is 9.59 Å². The van der Waals surface area contributed by atoms with Gasteiger partial charge in [-0.1, -0.05) is 42.5 Å². The largest absolute Gasteiger partial charge is 0.333 e. The Bertz CT molecular complexity index is 1540. The van der Waals surface area contributed by atoms with Crippen molar-refractivity contribution >= 4 is 17.5 Å². The fourth-order valence-electron chi connectivity index (χ4n) is 5.86. The van der Waals surface area contributed by atoms with Crippen molar-refractivity contribution in [3.8, 4) is 11.1 Å². The van der Waals surface area contributed by atoms with Crippen molar-refractivity contribution in [1.29, 1.82) is 0 Å². The molecule has 0 saturated heterocycles. The number of fused-ring (bicyclic) bond motifs is 2. The second-order valence-electron chi connectivity index (χ2n) is 11.9. The predicted octanol–water partition coefficient (Wildman–Crippen LogP) is 5.57. The van der Waals surface area contributed by atoms with Crippen LogP contribution in [-0.2, 0) is 24.2 Å². The number of urea groups is 1. The standard InChI is InChI=1S/C32H35N5O2/c1-32(2,3)35-31(39)36-16-15-25-24(23-11-14-30-33-20-34-37(30)18-23)12-9-22(28(25)19-36)10-13-29(38)27-17-26(27)21-7-5-4-6-8-21/h4-9,11-12,14,18,20,26-27H,10,13,15-17,19H2,1-3H3,(H,35,39)/t26-,27?/m0/s1. The van der Waals surface area contributed by atoms with Gasteiger partial charge in [0.15, 0.2) is 5.65 Å². The quantitative estimate of drug-likeness (QED) is 0.360. The summed E-state index contributed by atoms with van der Waals surface area (Å²) >= 11 is 0. The maximum absolute atomic E-state index is 13.2. The van der Waals surface area contributed by atoms with E-state index >= 15 is 0 Å². The maximum Gasteiger partial charge on any atom is 0.318 e.